The van der Waals surface area contributed by atoms with E-state index in [4.69, 9.17) is 4.74 Å². The number of nitrogens with zero attached hydrogens (tertiary/aromatic N) is 1. The summed E-state index contributed by atoms with van der Waals surface area (Å²) in [5.74, 6) is 0.744. The molecule has 136 valence electrons. The molecule has 3 rings (SSSR count). The molecule has 1 heterocycles. The third-order valence-electron chi connectivity index (χ3n) is 4.42. The molecule has 0 aliphatic carbocycles. The Morgan fingerprint density at radius 3 is 2.58 bits per heavy atom. The van der Waals surface area contributed by atoms with Crippen molar-refractivity contribution in [2.45, 2.75) is 19.4 Å². The first-order chi connectivity index (χ1) is 12.5. The number of methoxy groups -OCH3 is 1. The number of anilines is 1. The normalized spacial score (nSPS) is 16.2. The highest BCUT2D eigenvalue weighted by atomic mass is 16.5. The van der Waals surface area contributed by atoms with Crippen molar-refractivity contribution in [2.75, 3.05) is 25.5 Å². The molecule has 1 aliphatic rings. The van der Waals surface area contributed by atoms with Gasteiger partial charge in [-0.3, -0.25) is 4.79 Å². The maximum atomic E-state index is 12.4. The summed E-state index contributed by atoms with van der Waals surface area (Å²) in [6.45, 7) is 2.67. The van der Waals surface area contributed by atoms with Gasteiger partial charge < -0.3 is 20.3 Å². The molecule has 3 amide bonds. The first-order valence-electron chi connectivity index (χ1n) is 8.62. The molecular weight excluding hydrogens is 330 g/mol. The molecule has 1 fully saturated rings. The molecule has 6 heteroatoms. The van der Waals surface area contributed by atoms with Gasteiger partial charge in [0.05, 0.1) is 7.11 Å². The van der Waals surface area contributed by atoms with E-state index in [0.29, 0.717) is 13.1 Å². The van der Waals surface area contributed by atoms with E-state index in [-0.39, 0.29) is 18.0 Å². The van der Waals surface area contributed by atoms with Gasteiger partial charge in [0.15, 0.2) is 0 Å². The molecule has 0 saturated carbocycles. The van der Waals surface area contributed by atoms with Gasteiger partial charge in [0.2, 0.25) is 5.91 Å². The van der Waals surface area contributed by atoms with Gasteiger partial charge in [0.25, 0.3) is 0 Å². The van der Waals surface area contributed by atoms with Crippen LogP contribution < -0.4 is 15.4 Å². The number of benzene rings is 2. The predicted octanol–water partition coefficient (Wildman–Crippen LogP) is 3.10. The summed E-state index contributed by atoms with van der Waals surface area (Å²) < 4.78 is 5.25. The molecule has 2 aromatic rings. The lowest BCUT2D eigenvalue weighted by molar-refractivity contribution is -0.119. The standard InChI is InChI=1S/C20H23N3O3/c1-14(24)21-18-10-11-23(13-18)20(25)22-17-8-6-15(7-9-17)16-4-3-5-19(12-16)26-2/h3-9,12,18H,10-11,13H2,1-2H3,(H,21,24)(H,22,25)/t18-/m1/s1. The highest BCUT2D eigenvalue weighted by Crippen LogP contribution is 2.25. The van der Waals surface area contributed by atoms with Gasteiger partial charge in [0, 0.05) is 31.7 Å². The number of rotatable bonds is 4. The van der Waals surface area contributed by atoms with E-state index in [1.807, 2.05) is 48.5 Å². The second-order valence-corrected chi connectivity index (χ2v) is 6.37. The summed E-state index contributed by atoms with van der Waals surface area (Å²) in [5, 5.41) is 5.76. The lowest BCUT2D eigenvalue weighted by Crippen LogP contribution is -2.38. The average Bonchev–Trinajstić information content (AvgIpc) is 3.10. The zero-order valence-electron chi connectivity index (χ0n) is 15.0. The van der Waals surface area contributed by atoms with Crippen LogP contribution in [-0.2, 0) is 4.79 Å². The summed E-state index contributed by atoms with van der Waals surface area (Å²) in [6, 6.07) is 15.4. The van der Waals surface area contributed by atoms with Gasteiger partial charge in [0.1, 0.15) is 5.75 Å². The summed E-state index contributed by atoms with van der Waals surface area (Å²) in [5.41, 5.74) is 2.85. The van der Waals surface area contributed by atoms with Gasteiger partial charge in [-0.15, -0.1) is 0 Å². The lowest BCUT2D eigenvalue weighted by atomic mass is 10.1. The van der Waals surface area contributed by atoms with E-state index in [2.05, 4.69) is 10.6 Å². The largest absolute Gasteiger partial charge is 0.497 e. The number of ether oxygens (including phenoxy) is 1. The topological polar surface area (TPSA) is 70.7 Å². The van der Waals surface area contributed by atoms with E-state index in [0.717, 1.165) is 29.0 Å². The summed E-state index contributed by atoms with van der Waals surface area (Å²) >= 11 is 0. The van der Waals surface area contributed by atoms with Crippen molar-refractivity contribution in [3.63, 3.8) is 0 Å². The van der Waals surface area contributed by atoms with Crippen molar-refractivity contribution >= 4 is 17.6 Å². The Labute approximate surface area is 153 Å². The molecule has 6 nitrogen and oxygen atoms in total. The van der Waals surface area contributed by atoms with Crippen LogP contribution in [0.3, 0.4) is 0 Å². The van der Waals surface area contributed by atoms with Crippen molar-refractivity contribution in [1.82, 2.24) is 10.2 Å². The Morgan fingerprint density at radius 1 is 1.12 bits per heavy atom. The molecule has 0 spiro atoms. The lowest BCUT2D eigenvalue weighted by Gasteiger charge is -2.17. The summed E-state index contributed by atoms with van der Waals surface area (Å²) in [4.78, 5) is 25.2. The third-order valence-corrected chi connectivity index (χ3v) is 4.42. The minimum absolute atomic E-state index is 0.0358. The maximum Gasteiger partial charge on any atom is 0.321 e. The van der Waals surface area contributed by atoms with Gasteiger partial charge in [-0.05, 0) is 41.8 Å². The van der Waals surface area contributed by atoms with E-state index in [1.165, 1.54) is 6.92 Å². The second kappa shape index (κ2) is 7.91. The van der Waals surface area contributed by atoms with Crippen molar-refractivity contribution in [1.29, 1.82) is 0 Å². The number of urea groups is 1. The molecule has 1 saturated heterocycles. The van der Waals surface area contributed by atoms with Crippen LogP contribution in [0.2, 0.25) is 0 Å². The second-order valence-electron chi connectivity index (χ2n) is 6.37. The Bertz CT molecular complexity index is 789. The Hall–Kier alpha value is -3.02. The number of amides is 3. The van der Waals surface area contributed by atoms with E-state index in [9.17, 15) is 9.59 Å². The fraction of sp³-hybridized carbons (Fsp3) is 0.300. The monoisotopic (exact) mass is 353 g/mol. The van der Waals surface area contributed by atoms with Gasteiger partial charge in [-0.25, -0.2) is 4.79 Å². The SMILES string of the molecule is COc1cccc(-c2ccc(NC(=O)N3CC[C@@H](NC(C)=O)C3)cc2)c1. The number of likely N-dealkylation sites (tertiary alicyclic amines) is 1. The zero-order chi connectivity index (χ0) is 18.5. The first-order valence-corrected chi connectivity index (χ1v) is 8.62. The first kappa shape index (κ1) is 17.8. The third kappa shape index (κ3) is 4.33. The predicted molar refractivity (Wildman–Crippen MR) is 101 cm³/mol. The molecule has 2 aromatic carbocycles. The van der Waals surface area contributed by atoms with Crippen LogP contribution in [0.1, 0.15) is 13.3 Å². The van der Waals surface area contributed by atoms with Crippen molar-refractivity contribution in [3.8, 4) is 16.9 Å². The summed E-state index contributed by atoms with van der Waals surface area (Å²) in [7, 11) is 1.65. The summed E-state index contributed by atoms with van der Waals surface area (Å²) in [6.07, 6.45) is 0.780. The van der Waals surface area contributed by atoms with Gasteiger partial charge in [-0.1, -0.05) is 24.3 Å². The zero-order valence-corrected chi connectivity index (χ0v) is 15.0. The molecule has 1 aliphatic heterocycles. The number of carbonyl (C=O) groups excluding carboxylic acids is 2. The van der Waals surface area contributed by atoms with Crippen molar-refractivity contribution in [3.05, 3.63) is 48.5 Å². The quantitative estimate of drug-likeness (QED) is 0.887. The highest BCUT2D eigenvalue weighted by molar-refractivity contribution is 5.90. The fourth-order valence-electron chi connectivity index (χ4n) is 3.10. The van der Waals surface area contributed by atoms with Crippen LogP contribution in [0.4, 0.5) is 10.5 Å². The average molecular weight is 353 g/mol. The minimum Gasteiger partial charge on any atom is -0.497 e. The molecule has 0 bridgehead atoms. The number of nitrogens with one attached hydrogen (secondary N) is 2. The number of carbonyl (C=O) groups is 2. The molecule has 26 heavy (non-hydrogen) atoms. The van der Waals surface area contributed by atoms with E-state index < -0.39 is 0 Å². The van der Waals surface area contributed by atoms with Gasteiger partial charge >= 0.3 is 6.03 Å². The fourth-order valence-corrected chi connectivity index (χ4v) is 3.10. The maximum absolute atomic E-state index is 12.4. The Morgan fingerprint density at radius 2 is 1.88 bits per heavy atom. The van der Waals surface area contributed by atoms with Crippen LogP contribution in [-0.4, -0.2) is 43.1 Å². The van der Waals surface area contributed by atoms with Gasteiger partial charge in [-0.2, -0.15) is 0 Å². The number of hydrogen-bond acceptors (Lipinski definition) is 3. The smallest absolute Gasteiger partial charge is 0.321 e. The molecule has 2 N–H and O–H groups in total. The van der Waals surface area contributed by atoms with Crippen molar-refractivity contribution in [2.24, 2.45) is 0 Å². The van der Waals surface area contributed by atoms with Crippen LogP contribution >= 0.6 is 0 Å². The van der Waals surface area contributed by atoms with E-state index in [1.54, 1.807) is 12.0 Å². The molecule has 0 radical (unpaired) electrons. The Kier molecular flexibility index (Phi) is 5.41. The minimum atomic E-state index is -0.146. The van der Waals surface area contributed by atoms with Crippen LogP contribution in [0.25, 0.3) is 11.1 Å². The molecular formula is C20H23N3O3. The van der Waals surface area contributed by atoms with E-state index >= 15 is 0 Å². The Balaban J connectivity index is 1.60. The highest BCUT2D eigenvalue weighted by Gasteiger charge is 2.26. The molecule has 0 unspecified atom stereocenters. The van der Waals surface area contributed by atoms with Crippen molar-refractivity contribution < 1.29 is 14.3 Å². The van der Waals surface area contributed by atoms with Crippen LogP contribution in [0.15, 0.2) is 48.5 Å². The van der Waals surface area contributed by atoms with Crippen LogP contribution in [0, 0.1) is 0 Å². The molecule has 1 atom stereocenters. The molecule has 0 aromatic heterocycles. The van der Waals surface area contributed by atoms with Crippen LogP contribution in [0.5, 0.6) is 5.75 Å². The number of hydrogen-bond donors (Lipinski definition) is 2.